The molecule has 4 nitrogen and oxygen atoms in total. The fraction of sp³-hybridized carbons (Fsp3) is 0.933. The minimum Gasteiger partial charge on any atom is -0.465 e. The summed E-state index contributed by atoms with van der Waals surface area (Å²) < 4.78 is 5.20. The average Bonchev–Trinajstić information content (AvgIpc) is 3.01. The van der Waals surface area contributed by atoms with Gasteiger partial charge >= 0.3 is 5.97 Å². The summed E-state index contributed by atoms with van der Waals surface area (Å²) in [5, 5.41) is 3.16. The number of nitrogens with zero attached hydrogens (tertiary/aromatic N) is 1. The van der Waals surface area contributed by atoms with Crippen LogP contribution in [0.2, 0.25) is 0 Å². The maximum atomic E-state index is 12.1. The number of nitrogens with one attached hydrogen (secondary N) is 1. The van der Waals surface area contributed by atoms with Gasteiger partial charge in [-0.05, 0) is 59.4 Å². The summed E-state index contributed by atoms with van der Waals surface area (Å²) in [6, 6.07) is 1.18. The lowest BCUT2D eigenvalue weighted by Crippen LogP contribution is -2.53. The predicted octanol–water partition coefficient (Wildman–Crippen LogP) is 1.79. The molecular weight excluding hydrogens is 240 g/mol. The normalized spacial score (nSPS) is 31.2. The first-order valence-corrected chi connectivity index (χ1v) is 7.62. The van der Waals surface area contributed by atoms with E-state index in [9.17, 15) is 4.79 Å². The Morgan fingerprint density at radius 2 is 2.26 bits per heavy atom. The molecule has 1 aliphatic carbocycles. The number of carbonyl (C=O) groups is 1. The second-order valence-corrected chi connectivity index (χ2v) is 6.39. The van der Waals surface area contributed by atoms with Crippen LogP contribution in [0.3, 0.4) is 0 Å². The zero-order chi connectivity index (χ0) is 14.0. The molecule has 4 unspecified atom stereocenters. The van der Waals surface area contributed by atoms with E-state index >= 15 is 0 Å². The van der Waals surface area contributed by atoms with Gasteiger partial charge in [-0.15, -0.1) is 0 Å². The van der Waals surface area contributed by atoms with Crippen molar-refractivity contribution in [1.82, 2.24) is 10.2 Å². The van der Waals surface area contributed by atoms with Crippen LogP contribution in [-0.4, -0.2) is 48.7 Å². The van der Waals surface area contributed by atoms with Crippen molar-refractivity contribution in [3.8, 4) is 0 Å². The van der Waals surface area contributed by atoms with Crippen LogP contribution in [-0.2, 0) is 9.53 Å². The van der Waals surface area contributed by atoms with E-state index in [0.717, 1.165) is 18.4 Å². The number of hydrogen-bond acceptors (Lipinski definition) is 4. The van der Waals surface area contributed by atoms with Crippen molar-refractivity contribution < 1.29 is 9.53 Å². The monoisotopic (exact) mass is 268 g/mol. The number of ether oxygens (including phenoxy) is 1. The van der Waals surface area contributed by atoms with Gasteiger partial charge in [0.25, 0.3) is 0 Å². The van der Waals surface area contributed by atoms with Gasteiger partial charge in [0, 0.05) is 18.6 Å². The fourth-order valence-corrected chi connectivity index (χ4v) is 3.79. The molecule has 110 valence electrons. The zero-order valence-electron chi connectivity index (χ0n) is 12.7. The summed E-state index contributed by atoms with van der Waals surface area (Å²) in [5.41, 5.74) is -0.572. The lowest BCUT2D eigenvalue weighted by atomic mass is 9.92. The predicted molar refractivity (Wildman–Crippen MR) is 76.0 cm³/mol. The molecule has 0 aromatic carbocycles. The molecule has 4 atom stereocenters. The summed E-state index contributed by atoms with van der Waals surface area (Å²) in [7, 11) is 1.85. The third-order valence-corrected chi connectivity index (χ3v) is 5.00. The molecule has 19 heavy (non-hydrogen) atoms. The molecule has 0 aromatic rings. The molecule has 1 saturated carbocycles. The third-order valence-electron chi connectivity index (χ3n) is 5.00. The SMILES string of the molecule is CCOC(=O)C(C)(CC(C)N1CC2CCC1C2)NC. The average molecular weight is 268 g/mol. The molecule has 4 heteroatoms. The molecule has 0 aromatic heterocycles. The number of hydrogen-bond donors (Lipinski definition) is 1. The highest BCUT2D eigenvalue weighted by Gasteiger charge is 2.43. The third kappa shape index (κ3) is 2.95. The van der Waals surface area contributed by atoms with Crippen molar-refractivity contribution in [1.29, 1.82) is 0 Å². The first-order chi connectivity index (χ1) is 9.00. The molecule has 1 N–H and O–H groups in total. The van der Waals surface area contributed by atoms with Gasteiger partial charge in [-0.2, -0.15) is 0 Å². The van der Waals surface area contributed by atoms with Crippen LogP contribution in [0.4, 0.5) is 0 Å². The number of rotatable bonds is 6. The van der Waals surface area contributed by atoms with Gasteiger partial charge in [0.05, 0.1) is 6.61 Å². The highest BCUT2D eigenvalue weighted by atomic mass is 16.5. The smallest absolute Gasteiger partial charge is 0.326 e. The Kier molecular flexibility index (Phi) is 4.51. The second kappa shape index (κ2) is 5.80. The number of fused-ring (bicyclic) bond motifs is 2. The van der Waals surface area contributed by atoms with Gasteiger partial charge in [0.2, 0.25) is 0 Å². The van der Waals surface area contributed by atoms with Gasteiger partial charge in [0.15, 0.2) is 0 Å². The van der Waals surface area contributed by atoms with Crippen molar-refractivity contribution in [2.24, 2.45) is 5.92 Å². The summed E-state index contributed by atoms with van der Waals surface area (Å²) in [5.74, 6) is 0.768. The molecule has 2 bridgehead atoms. The van der Waals surface area contributed by atoms with Gasteiger partial charge in [-0.3, -0.25) is 9.69 Å². The number of carbonyl (C=O) groups excluding carboxylic acids is 1. The van der Waals surface area contributed by atoms with Crippen molar-refractivity contribution in [2.75, 3.05) is 20.2 Å². The molecule has 1 aliphatic heterocycles. The number of esters is 1. The molecule has 0 spiro atoms. The van der Waals surface area contributed by atoms with Crippen molar-refractivity contribution >= 4 is 5.97 Å². The molecule has 1 saturated heterocycles. The van der Waals surface area contributed by atoms with Crippen LogP contribution in [0.1, 0.15) is 46.5 Å². The standard InChI is InChI=1S/C15H28N2O2/c1-5-19-14(18)15(3,16-4)9-11(2)17-10-12-6-7-13(17)8-12/h11-13,16H,5-10H2,1-4H3. The van der Waals surface area contributed by atoms with Gasteiger partial charge in [-0.25, -0.2) is 0 Å². The Bertz CT molecular complexity index is 334. The van der Waals surface area contributed by atoms with Crippen molar-refractivity contribution in [2.45, 2.75) is 64.1 Å². The Labute approximate surface area is 116 Å². The van der Waals surface area contributed by atoms with Crippen LogP contribution >= 0.6 is 0 Å². The first-order valence-electron chi connectivity index (χ1n) is 7.62. The maximum Gasteiger partial charge on any atom is 0.326 e. The van der Waals surface area contributed by atoms with Crippen LogP contribution < -0.4 is 5.32 Å². The van der Waals surface area contributed by atoms with Crippen LogP contribution in [0, 0.1) is 5.92 Å². The molecular formula is C15H28N2O2. The van der Waals surface area contributed by atoms with E-state index in [4.69, 9.17) is 4.74 Å². The van der Waals surface area contributed by atoms with E-state index in [1.54, 1.807) is 0 Å². The van der Waals surface area contributed by atoms with E-state index in [1.807, 2.05) is 20.9 Å². The Hall–Kier alpha value is -0.610. The van der Waals surface area contributed by atoms with E-state index in [1.165, 1.54) is 25.8 Å². The summed E-state index contributed by atoms with van der Waals surface area (Å²) in [6.07, 6.45) is 4.91. The lowest BCUT2D eigenvalue weighted by Gasteiger charge is -2.37. The first kappa shape index (κ1) is 14.8. The van der Waals surface area contributed by atoms with Gasteiger partial charge in [0.1, 0.15) is 5.54 Å². The van der Waals surface area contributed by atoms with E-state index in [0.29, 0.717) is 12.6 Å². The Morgan fingerprint density at radius 1 is 1.53 bits per heavy atom. The number of piperidine rings is 1. The molecule has 0 radical (unpaired) electrons. The Morgan fingerprint density at radius 3 is 2.74 bits per heavy atom. The second-order valence-electron chi connectivity index (χ2n) is 6.39. The van der Waals surface area contributed by atoms with Crippen LogP contribution in [0.25, 0.3) is 0 Å². The number of likely N-dealkylation sites (tertiary alicyclic amines) is 1. The molecule has 2 fully saturated rings. The minimum absolute atomic E-state index is 0.131. The molecule has 0 amide bonds. The van der Waals surface area contributed by atoms with Gasteiger partial charge in [-0.1, -0.05) is 0 Å². The fourth-order valence-electron chi connectivity index (χ4n) is 3.79. The largest absolute Gasteiger partial charge is 0.465 e. The zero-order valence-corrected chi connectivity index (χ0v) is 12.7. The number of likely N-dealkylation sites (N-methyl/N-ethyl adjacent to an activating group) is 1. The quantitative estimate of drug-likeness (QED) is 0.746. The molecule has 1 heterocycles. The minimum atomic E-state index is -0.572. The summed E-state index contributed by atoms with van der Waals surface area (Å²) in [4.78, 5) is 14.7. The molecule has 2 rings (SSSR count). The Balaban J connectivity index is 1.96. The highest BCUT2D eigenvalue weighted by molar-refractivity contribution is 5.80. The van der Waals surface area contributed by atoms with Crippen molar-refractivity contribution in [3.05, 3.63) is 0 Å². The van der Waals surface area contributed by atoms with Gasteiger partial charge < -0.3 is 10.1 Å². The van der Waals surface area contributed by atoms with Crippen LogP contribution in [0.5, 0.6) is 0 Å². The molecule has 2 aliphatic rings. The van der Waals surface area contributed by atoms with E-state index in [-0.39, 0.29) is 5.97 Å². The topological polar surface area (TPSA) is 41.6 Å². The van der Waals surface area contributed by atoms with Crippen LogP contribution in [0.15, 0.2) is 0 Å². The summed E-state index contributed by atoms with van der Waals surface area (Å²) in [6.45, 7) is 7.72. The van der Waals surface area contributed by atoms with E-state index < -0.39 is 5.54 Å². The van der Waals surface area contributed by atoms with Crippen molar-refractivity contribution in [3.63, 3.8) is 0 Å². The highest BCUT2D eigenvalue weighted by Crippen LogP contribution is 2.39. The maximum absolute atomic E-state index is 12.1. The summed E-state index contributed by atoms with van der Waals surface area (Å²) >= 11 is 0. The lowest BCUT2D eigenvalue weighted by molar-refractivity contribution is -0.151. The van der Waals surface area contributed by atoms with E-state index in [2.05, 4.69) is 17.1 Å².